The topological polar surface area (TPSA) is 113 Å². The third-order valence-corrected chi connectivity index (χ3v) is 10.9. The number of carbonyl (C=O) groups excluding carboxylic acids is 1. The largest absolute Gasteiger partial charge is 0.495 e. The first-order valence-electron chi connectivity index (χ1n) is 12.3. The van der Waals surface area contributed by atoms with E-state index < -0.39 is 26.0 Å². The Bertz CT molecular complexity index is 1330. The van der Waals surface area contributed by atoms with Gasteiger partial charge >= 0.3 is 0 Å². The summed E-state index contributed by atoms with van der Waals surface area (Å²) >= 11 is 6.03. The number of nitrogens with zero attached hydrogens (tertiary/aromatic N) is 2. The molecule has 2 aromatic rings. The van der Waals surface area contributed by atoms with Crippen molar-refractivity contribution in [1.29, 1.82) is 0 Å². The zero-order valence-corrected chi connectivity index (χ0v) is 23.1. The van der Waals surface area contributed by atoms with Crippen LogP contribution in [0.2, 0.25) is 5.02 Å². The molecule has 4 rings (SSSR count). The van der Waals surface area contributed by atoms with Gasteiger partial charge in [-0.25, -0.2) is 16.8 Å². The van der Waals surface area contributed by atoms with Gasteiger partial charge in [0.2, 0.25) is 26.0 Å². The fraction of sp³-hybridized carbons (Fsp3) is 0.480. The van der Waals surface area contributed by atoms with Crippen molar-refractivity contribution in [2.24, 2.45) is 5.92 Å². The molecule has 37 heavy (non-hydrogen) atoms. The molecule has 0 spiro atoms. The molecule has 12 heteroatoms. The molecule has 2 aliphatic heterocycles. The van der Waals surface area contributed by atoms with Crippen molar-refractivity contribution in [3.8, 4) is 5.75 Å². The zero-order valence-electron chi connectivity index (χ0n) is 20.7. The first kappa shape index (κ1) is 27.8. The summed E-state index contributed by atoms with van der Waals surface area (Å²) in [5.74, 6) is -0.469. The summed E-state index contributed by atoms with van der Waals surface area (Å²) in [6.45, 7) is 1.87. The lowest BCUT2D eigenvalue weighted by Gasteiger charge is -2.31. The smallest absolute Gasteiger partial charge is 0.246 e. The zero-order chi connectivity index (χ0) is 26.6. The standard InChI is InChI=1S/C25H32ClN3O6S2/c1-35-23-11-8-21(26)17-24(23)37(33,34)29-16-4-5-20(18-29)25(30)27-13-12-19-6-9-22(10-7-19)36(31,32)28-14-2-3-15-28/h6-11,17,20H,2-5,12-16,18H2,1H3,(H,27,30)/t20-/m0/s1. The predicted octanol–water partition coefficient (Wildman–Crippen LogP) is 2.89. The summed E-state index contributed by atoms with van der Waals surface area (Å²) in [6, 6.07) is 11.2. The minimum Gasteiger partial charge on any atom is -0.495 e. The van der Waals surface area contributed by atoms with Crippen molar-refractivity contribution in [3.63, 3.8) is 0 Å². The molecule has 0 radical (unpaired) electrons. The maximum absolute atomic E-state index is 13.3. The van der Waals surface area contributed by atoms with Crippen LogP contribution in [-0.2, 0) is 31.3 Å². The monoisotopic (exact) mass is 569 g/mol. The van der Waals surface area contributed by atoms with Crippen LogP contribution in [0.1, 0.15) is 31.2 Å². The SMILES string of the molecule is COc1ccc(Cl)cc1S(=O)(=O)N1CCC[C@H](C(=O)NCCc2ccc(S(=O)(=O)N3CCCC3)cc2)C1. The van der Waals surface area contributed by atoms with Gasteiger partial charge in [-0.2, -0.15) is 8.61 Å². The third-order valence-electron chi connectivity index (χ3n) is 6.84. The molecule has 0 unspecified atom stereocenters. The van der Waals surface area contributed by atoms with Crippen molar-refractivity contribution in [1.82, 2.24) is 13.9 Å². The molecule has 9 nitrogen and oxygen atoms in total. The molecule has 0 aliphatic carbocycles. The third kappa shape index (κ3) is 6.28. The van der Waals surface area contributed by atoms with Crippen LogP contribution in [0, 0.1) is 5.92 Å². The van der Waals surface area contributed by atoms with Gasteiger partial charge in [0.25, 0.3) is 0 Å². The molecule has 202 valence electrons. The number of ether oxygens (including phenoxy) is 1. The van der Waals surface area contributed by atoms with E-state index in [-0.39, 0.29) is 33.0 Å². The second-order valence-corrected chi connectivity index (χ2v) is 13.6. The van der Waals surface area contributed by atoms with E-state index in [2.05, 4.69) is 5.32 Å². The lowest BCUT2D eigenvalue weighted by molar-refractivity contribution is -0.126. The van der Waals surface area contributed by atoms with Crippen molar-refractivity contribution >= 4 is 37.6 Å². The number of methoxy groups -OCH3 is 1. The molecule has 2 aromatic carbocycles. The summed E-state index contributed by atoms with van der Waals surface area (Å²) in [4.78, 5) is 13.1. The van der Waals surface area contributed by atoms with Crippen LogP contribution in [-0.4, -0.2) is 71.2 Å². The van der Waals surface area contributed by atoms with E-state index in [4.69, 9.17) is 16.3 Å². The quantitative estimate of drug-likeness (QED) is 0.497. The van der Waals surface area contributed by atoms with E-state index >= 15 is 0 Å². The second-order valence-electron chi connectivity index (χ2n) is 9.29. The molecule has 1 amide bonds. The number of hydrogen-bond acceptors (Lipinski definition) is 6. The number of carbonyl (C=O) groups is 1. The Balaban J connectivity index is 1.33. The van der Waals surface area contributed by atoms with Gasteiger partial charge in [0, 0.05) is 37.7 Å². The Morgan fingerprint density at radius 1 is 0.973 bits per heavy atom. The van der Waals surface area contributed by atoms with Crippen molar-refractivity contribution < 1.29 is 26.4 Å². The van der Waals surface area contributed by atoms with E-state index in [1.165, 1.54) is 27.9 Å². The molecule has 1 N–H and O–H groups in total. The van der Waals surface area contributed by atoms with E-state index in [0.29, 0.717) is 45.4 Å². The Morgan fingerprint density at radius 2 is 1.65 bits per heavy atom. The molecule has 0 aromatic heterocycles. The highest BCUT2D eigenvalue weighted by Crippen LogP contribution is 2.32. The Kier molecular flexibility index (Phi) is 8.80. The number of halogens is 1. The van der Waals surface area contributed by atoms with Crippen molar-refractivity contribution in [2.75, 3.05) is 39.8 Å². The molecular weight excluding hydrogens is 538 g/mol. The van der Waals surface area contributed by atoms with Gasteiger partial charge in [-0.1, -0.05) is 23.7 Å². The fourth-order valence-corrected chi connectivity index (χ4v) is 8.21. The van der Waals surface area contributed by atoms with Crippen molar-refractivity contribution in [3.05, 3.63) is 53.1 Å². The normalized spacial score (nSPS) is 19.6. The van der Waals surface area contributed by atoms with Crippen LogP contribution in [0.5, 0.6) is 5.75 Å². The Hall–Kier alpha value is -2.18. The minimum absolute atomic E-state index is 0.0150. The van der Waals surface area contributed by atoms with Gasteiger partial charge in [0.1, 0.15) is 10.6 Å². The second kappa shape index (κ2) is 11.7. The van der Waals surface area contributed by atoms with Gasteiger partial charge < -0.3 is 10.1 Å². The van der Waals surface area contributed by atoms with Gasteiger partial charge in [0.15, 0.2) is 0 Å². The molecule has 0 bridgehead atoms. The first-order chi connectivity index (χ1) is 17.6. The number of sulfonamides is 2. The predicted molar refractivity (Wildman–Crippen MR) is 141 cm³/mol. The molecular formula is C25H32ClN3O6S2. The van der Waals surface area contributed by atoms with Gasteiger partial charge in [-0.3, -0.25) is 4.79 Å². The Labute approximate surface area is 223 Å². The van der Waals surface area contributed by atoms with E-state index in [1.54, 1.807) is 30.3 Å². The summed E-state index contributed by atoms with van der Waals surface area (Å²) in [5, 5.41) is 3.19. The molecule has 2 saturated heterocycles. The van der Waals surface area contributed by atoms with Crippen LogP contribution in [0.15, 0.2) is 52.3 Å². The summed E-state index contributed by atoms with van der Waals surface area (Å²) < 4.78 is 59.9. The van der Waals surface area contributed by atoms with E-state index in [9.17, 15) is 21.6 Å². The number of rotatable bonds is 9. The van der Waals surface area contributed by atoms with Crippen LogP contribution in [0.4, 0.5) is 0 Å². The number of nitrogens with one attached hydrogen (secondary N) is 1. The molecule has 0 saturated carbocycles. The van der Waals surface area contributed by atoms with Gasteiger partial charge in [0.05, 0.1) is 17.9 Å². The summed E-state index contributed by atoms with van der Waals surface area (Å²) in [7, 11) is -5.94. The number of benzene rings is 2. The van der Waals surface area contributed by atoms with Crippen LogP contribution in [0.3, 0.4) is 0 Å². The number of amides is 1. The van der Waals surface area contributed by atoms with Crippen molar-refractivity contribution in [2.45, 2.75) is 41.9 Å². The average Bonchev–Trinajstić information content (AvgIpc) is 3.45. The number of piperidine rings is 1. The maximum atomic E-state index is 13.3. The van der Waals surface area contributed by atoms with Crippen LogP contribution in [0.25, 0.3) is 0 Å². The highest BCUT2D eigenvalue weighted by Gasteiger charge is 2.35. The summed E-state index contributed by atoms with van der Waals surface area (Å²) in [6.07, 6.45) is 3.46. The molecule has 2 heterocycles. The average molecular weight is 570 g/mol. The minimum atomic E-state index is -3.89. The van der Waals surface area contributed by atoms with E-state index in [0.717, 1.165) is 18.4 Å². The molecule has 1 atom stereocenters. The van der Waals surface area contributed by atoms with E-state index in [1.807, 2.05) is 0 Å². The van der Waals surface area contributed by atoms with Crippen LogP contribution >= 0.6 is 11.6 Å². The lowest BCUT2D eigenvalue weighted by Crippen LogP contribution is -2.45. The molecule has 2 aliphatic rings. The van der Waals surface area contributed by atoms with Gasteiger partial charge in [-0.05, 0) is 68.0 Å². The maximum Gasteiger partial charge on any atom is 0.246 e. The highest BCUT2D eigenvalue weighted by molar-refractivity contribution is 7.89. The Morgan fingerprint density at radius 3 is 2.32 bits per heavy atom. The summed E-state index contributed by atoms with van der Waals surface area (Å²) in [5.41, 5.74) is 0.904. The lowest BCUT2D eigenvalue weighted by atomic mass is 9.99. The van der Waals surface area contributed by atoms with Gasteiger partial charge in [-0.15, -0.1) is 0 Å². The highest BCUT2D eigenvalue weighted by atomic mass is 35.5. The first-order valence-corrected chi connectivity index (χ1v) is 15.6. The van der Waals surface area contributed by atoms with Crippen LogP contribution < -0.4 is 10.1 Å². The number of hydrogen-bond donors (Lipinski definition) is 1. The fourth-order valence-electron chi connectivity index (χ4n) is 4.75. The molecule has 2 fully saturated rings.